The minimum Gasteiger partial charge on any atom is -0.327 e. The second-order valence-corrected chi connectivity index (χ2v) is 7.78. The van der Waals surface area contributed by atoms with Crippen LogP contribution in [0.15, 0.2) is 65.7 Å². The zero-order valence-corrected chi connectivity index (χ0v) is 15.4. The highest BCUT2D eigenvalue weighted by Crippen LogP contribution is 2.40. The summed E-state index contributed by atoms with van der Waals surface area (Å²) in [5, 5.41) is 4.36. The van der Waals surface area contributed by atoms with E-state index in [1.165, 1.54) is 31.2 Å². The van der Waals surface area contributed by atoms with E-state index in [1.807, 2.05) is 12.1 Å². The minimum absolute atomic E-state index is 0.218. The molecule has 0 unspecified atom stereocenters. The Morgan fingerprint density at radius 3 is 2.54 bits per heavy atom. The monoisotopic (exact) mass is 363 g/mol. The highest BCUT2D eigenvalue weighted by molar-refractivity contribution is 6.30. The third-order valence-electron chi connectivity index (χ3n) is 5.75. The fourth-order valence-corrected chi connectivity index (χ4v) is 4.61. The van der Waals surface area contributed by atoms with E-state index in [0.29, 0.717) is 12.1 Å². The molecular weight excluding hydrogens is 342 g/mol. The highest BCUT2D eigenvalue weighted by Gasteiger charge is 2.43. The Labute approximate surface area is 159 Å². The first-order chi connectivity index (χ1) is 12.8. The number of aliphatic imine (C=N–C) groups is 1. The molecule has 1 N–H and O–H groups in total. The summed E-state index contributed by atoms with van der Waals surface area (Å²) >= 11 is 6.08. The molecule has 2 aliphatic heterocycles. The minimum atomic E-state index is 0.218. The zero-order valence-electron chi connectivity index (χ0n) is 14.6. The molecule has 2 heterocycles. The van der Waals surface area contributed by atoms with Crippen molar-refractivity contribution >= 4 is 23.3 Å². The third-order valence-corrected chi connectivity index (χ3v) is 6.00. The van der Waals surface area contributed by atoms with E-state index in [1.54, 1.807) is 0 Å². The van der Waals surface area contributed by atoms with Crippen LogP contribution in [0.3, 0.4) is 0 Å². The Morgan fingerprint density at radius 2 is 1.73 bits per heavy atom. The van der Waals surface area contributed by atoms with Gasteiger partial charge in [0, 0.05) is 10.7 Å². The topological polar surface area (TPSA) is 27.6 Å². The molecule has 3 aliphatic rings. The third kappa shape index (κ3) is 2.71. The van der Waals surface area contributed by atoms with Crippen molar-refractivity contribution in [3.05, 3.63) is 76.8 Å². The van der Waals surface area contributed by atoms with Crippen LogP contribution >= 0.6 is 11.6 Å². The fraction of sp³-hybridized carbons (Fsp3) is 0.318. The molecular formula is C22H22ClN3. The molecule has 3 atom stereocenters. The molecule has 0 radical (unpaired) electrons. The summed E-state index contributed by atoms with van der Waals surface area (Å²) < 4.78 is 0. The summed E-state index contributed by atoms with van der Waals surface area (Å²) in [5.41, 5.74) is 3.58. The van der Waals surface area contributed by atoms with Crippen molar-refractivity contribution in [3.8, 4) is 0 Å². The van der Waals surface area contributed by atoms with Crippen LogP contribution in [0, 0.1) is 0 Å². The number of benzene rings is 2. The second kappa shape index (κ2) is 6.48. The number of hydrogen-bond donors (Lipinski definition) is 1. The largest absolute Gasteiger partial charge is 0.327 e. The lowest BCUT2D eigenvalue weighted by atomic mass is 9.88. The van der Waals surface area contributed by atoms with Crippen molar-refractivity contribution in [1.29, 1.82) is 0 Å². The highest BCUT2D eigenvalue weighted by atomic mass is 35.5. The Bertz CT molecular complexity index is 857. The maximum atomic E-state index is 6.08. The van der Waals surface area contributed by atoms with Crippen molar-refractivity contribution in [1.82, 2.24) is 10.2 Å². The van der Waals surface area contributed by atoms with Gasteiger partial charge in [-0.25, -0.2) is 4.99 Å². The molecule has 0 aromatic heterocycles. The van der Waals surface area contributed by atoms with Crippen LogP contribution in [0.4, 0.5) is 0 Å². The Kier molecular flexibility index (Phi) is 3.97. The molecule has 0 bridgehead atoms. The van der Waals surface area contributed by atoms with Crippen molar-refractivity contribution in [3.63, 3.8) is 0 Å². The molecule has 0 amide bonds. The van der Waals surface area contributed by atoms with Gasteiger partial charge in [0.1, 0.15) is 0 Å². The summed E-state index contributed by atoms with van der Waals surface area (Å²) in [6.45, 7) is 0. The Balaban J connectivity index is 1.59. The van der Waals surface area contributed by atoms with Crippen molar-refractivity contribution < 1.29 is 0 Å². The molecule has 2 aromatic carbocycles. The molecule has 1 fully saturated rings. The average Bonchev–Trinajstić information content (AvgIpc) is 3.07. The van der Waals surface area contributed by atoms with Gasteiger partial charge in [-0.3, -0.25) is 0 Å². The molecule has 2 aromatic rings. The number of nitrogens with one attached hydrogen (secondary N) is 1. The molecule has 0 spiro atoms. The number of hydrogen-bond acceptors (Lipinski definition) is 3. The van der Waals surface area contributed by atoms with Gasteiger partial charge in [-0.1, -0.05) is 66.9 Å². The molecule has 0 saturated heterocycles. The van der Waals surface area contributed by atoms with Crippen LogP contribution in [-0.4, -0.2) is 22.9 Å². The van der Waals surface area contributed by atoms with Crippen molar-refractivity contribution in [2.24, 2.45) is 4.99 Å². The van der Waals surface area contributed by atoms with Crippen LogP contribution in [0.5, 0.6) is 0 Å². The molecule has 132 valence electrons. The SMILES string of the molecule is Clc1ccc(C2=C[C@@H](c3ccccc3)N3C(=N[C@@H]4CCCC[C@H]43)N2)cc1. The van der Waals surface area contributed by atoms with Crippen molar-refractivity contribution in [2.75, 3.05) is 0 Å². The zero-order chi connectivity index (χ0) is 17.5. The number of guanidine groups is 1. The molecule has 1 aliphatic carbocycles. The predicted molar refractivity (Wildman–Crippen MR) is 107 cm³/mol. The van der Waals surface area contributed by atoms with Crippen LogP contribution in [0.1, 0.15) is 42.9 Å². The van der Waals surface area contributed by atoms with E-state index in [-0.39, 0.29) is 6.04 Å². The van der Waals surface area contributed by atoms with Crippen LogP contribution in [0.25, 0.3) is 5.70 Å². The molecule has 3 nitrogen and oxygen atoms in total. The lowest BCUT2D eigenvalue weighted by molar-refractivity contribution is 0.213. The maximum Gasteiger partial charge on any atom is 0.199 e. The van der Waals surface area contributed by atoms with Gasteiger partial charge in [0.15, 0.2) is 5.96 Å². The summed E-state index contributed by atoms with van der Waals surface area (Å²) in [6.07, 6.45) is 7.36. The van der Waals surface area contributed by atoms with Gasteiger partial charge in [-0.15, -0.1) is 0 Å². The first kappa shape index (κ1) is 16.0. The van der Waals surface area contributed by atoms with Gasteiger partial charge in [-0.05, 0) is 42.2 Å². The molecule has 5 rings (SSSR count). The van der Waals surface area contributed by atoms with Gasteiger partial charge in [0.2, 0.25) is 0 Å². The first-order valence-corrected chi connectivity index (χ1v) is 9.83. The normalized spacial score (nSPS) is 27.1. The summed E-state index contributed by atoms with van der Waals surface area (Å²) in [5.74, 6) is 1.03. The number of nitrogens with zero attached hydrogens (tertiary/aromatic N) is 2. The van der Waals surface area contributed by atoms with Crippen molar-refractivity contribution in [2.45, 2.75) is 43.8 Å². The number of fused-ring (bicyclic) bond motifs is 3. The average molecular weight is 364 g/mol. The summed E-state index contributed by atoms with van der Waals surface area (Å²) in [6, 6.07) is 20.0. The van der Waals surface area contributed by atoms with E-state index in [0.717, 1.165) is 22.2 Å². The Morgan fingerprint density at radius 1 is 0.962 bits per heavy atom. The van der Waals surface area contributed by atoms with E-state index < -0.39 is 0 Å². The van der Waals surface area contributed by atoms with Gasteiger partial charge >= 0.3 is 0 Å². The summed E-state index contributed by atoms with van der Waals surface area (Å²) in [7, 11) is 0. The standard InChI is InChI=1S/C22H22ClN3/c23-17-12-10-15(11-13-17)19-14-21(16-6-2-1-3-7-16)26-20-9-5-4-8-18(20)24-22(26)25-19/h1-3,6-7,10-14,18,20-21H,4-5,8-9H2,(H,24,25)/t18-,20-,21+/m1/s1. The second-order valence-electron chi connectivity index (χ2n) is 7.35. The van der Waals surface area contributed by atoms with E-state index >= 15 is 0 Å². The van der Waals surface area contributed by atoms with Gasteiger partial charge in [0.25, 0.3) is 0 Å². The lowest BCUT2D eigenvalue weighted by Crippen LogP contribution is -2.49. The van der Waals surface area contributed by atoms with E-state index in [9.17, 15) is 0 Å². The van der Waals surface area contributed by atoms with Crippen LogP contribution < -0.4 is 5.32 Å². The van der Waals surface area contributed by atoms with E-state index in [2.05, 4.69) is 58.8 Å². The predicted octanol–water partition coefficient (Wildman–Crippen LogP) is 5.01. The molecule has 1 saturated carbocycles. The van der Waals surface area contributed by atoms with Crippen LogP contribution in [0.2, 0.25) is 5.02 Å². The fourth-order valence-electron chi connectivity index (χ4n) is 4.49. The van der Waals surface area contributed by atoms with Gasteiger partial charge in [0.05, 0.1) is 18.1 Å². The molecule has 4 heteroatoms. The van der Waals surface area contributed by atoms with Gasteiger partial charge < -0.3 is 10.2 Å². The quantitative estimate of drug-likeness (QED) is 0.812. The number of halogens is 1. The summed E-state index contributed by atoms with van der Waals surface area (Å²) in [4.78, 5) is 7.58. The van der Waals surface area contributed by atoms with Gasteiger partial charge in [-0.2, -0.15) is 0 Å². The first-order valence-electron chi connectivity index (χ1n) is 9.45. The number of rotatable bonds is 2. The Hall–Kier alpha value is -2.26. The smallest absolute Gasteiger partial charge is 0.199 e. The van der Waals surface area contributed by atoms with Crippen LogP contribution in [-0.2, 0) is 0 Å². The molecule has 26 heavy (non-hydrogen) atoms. The van der Waals surface area contributed by atoms with E-state index in [4.69, 9.17) is 16.6 Å². The lowest BCUT2D eigenvalue weighted by Gasteiger charge is -2.40. The maximum absolute atomic E-state index is 6.08.